The first kappa shape index (κ1) is 15.0. The van der Waals surface area contributed by atoms with Crippen molar-refractivity contribution in [2.24, 2.45) is 5.73 Å². The molecule has 2 heterocycles. The van der Waals surface area contributed by atoms with Crippen molar-refractivity contribution in [3.05, 3.63) is 51.0 Å². The fraction of sp³-hybridized carbons (Fsp3) is 0.235. The molecule has 0 saturated heterocycles. The lowest BCUT2D eigenvalue weighted by atomic mass is 9.65. The van der Waals surface area contributed by atoms with E-state index in [1.807, 2.05) is 6.07 Å². The van der Waals surface area contributed by atoms with Gasteiger partial charge in [0.15, 0.2) is 5.78 Å². The molecule has 24 heavy (non-hydrogen) atoms. The molecule has 1 amide bonds. The Bertz CT molecular complexity index is 925. The lowest BCUT2D eigenvalue weighted by Crippen LogP contribution is -2.46. The third-order valence-corrected chi connectivity index (χ3v) is 5.17. The number of carbonyl (C=O) groups excluding carboxylic acids is 2. The summed E-state index contributed by atoms with van der Waals surface area (Å²) in [5.41, 5.74) is 5.76. The second-order valence-corrected chi connectivity index (χ2v) is 6.84. The molecule has 0 unspecified atom stereocenters. The number of Topliss-reactive ketones (excluding diaryl/α,β-unsaturated/α-hetero) is 1. The van der Waals surface area contributed by atoms with Crippen LogP contribution in [0, 0.1) is 11.3 Å². The fourth-order valence-corrected chi connectivity index (χ4v) is 4.11. The number of ether oxygens (including phenoxy) is 1. The minimum Gasteiger partial charge on any atom is -0.444 e. The monoisotopic (exact) mass is 385 g/mol. The summed E-state index contributed by atoms with van der Waals surface area (Å²) in [7, 11) is 0. The second kappa shape index (κ2) is 4.95. The highest BCUT2D eigenvalue weighted by molar-refractivity contribution is 9.10. The van der Waals surface area contributed by atoms with Crippen molar-refractivity contribution < 1.29 is 14.3 Å². The zero-order valence-corrected chi connectivity index (χ0v) is 14.1. The Labute approximate surface area is 146 Å². The maximum Gasteiger partial charge on any atom is 0.245 e. The average Bonchev–Trinajstić information content (AvgIpc) is 2.80. The number of halogens is 1. The largest absolute Gasteiger partial charge is 0.444 e. The molecule has 1 aromatic carbocycles. The number of allylic oxidation sites excluding steroid dienone is 1. The van der Waals surface area contributed by atoms with Gasteiger partial charge in [0, 0.05) is 28.6 Å². The normalized spacial score (nSPS) is 25.2. The van der Waals surface area contributed by atoms with E-state index in [1.165, 1.54) is 0 Å². The summed E-state index contributed by atoms with van der Waals surface area (Å²) in [6.07, 6.45) is 1.47. The SMILES string of the molecule is N#CC1=C(N)OC2=C(C(=O)CCC2)[C@]12C(=O)Nc1cc(Br)ccc12. The molecule has 1 aromatic rings. The Morgan fingerprint density at radius 3 is 2.88 bits per heavy atom. The van der Waals surface area contributed by atoms with Crippen LogP contribution in [-0.2, 0) is 19.7 Å². The van der Waals surface area contributed by atoms with Crippen LogP contribution >= 0.6 is 15.9 Å². The summed E-state index contributed by atoms with van der Waals surface area (Å²) in [4.78, 5) is 25.7. The molecule has 0 radical (unpaired) electrons. The van der Waals surface area contributed by atoms with Crippen LogP contribution in [0.1, 0.15) is 24.8 Å². The van der Waals surface area contributed by atoms with E-state index in [4.69, 9.17) is 10.5 Å². The van der Waals surface area contributed by atoms with Crippen molar-refractivity contribution in [2.75, 3.05) is 5.32 Å². The van der Waals surface area contributed by atoms with E-state index in [0.717, 1.165) is 4.47 Å². The number of nitrogens with one attached hydrogen (secondary N) is 1. The summed E-state index contributed by atoms with van der Waals surface area (Å²) >= 11 is 3.37. The number of nitrogens with two attached hydrogens (primary N) is 1. The van der Waals surface area contributed by atoms with Crippen molar-refractivity contribution in [1.82, 2.24) is 0 Å². The molecular formula is C17H12BrN3O3. The molecule has 0 fully saturated rings. The van der Waals surface area contributed by atoms with Gasteiger partial charge in [0.25, 0.3) is 0 Å². The molecule has 0 bridgehead atoms. The lowest BCUT2D eigenvalue weighted by molar-refractivity contribution is -0.123. The molecule has 0 saturated carbocycles. The first-order valence-electron chi connectivity index (χ1n) is 7.46. The number of anilines is 1. The number of nitriles is 1. The van der Waals surface area contributed by atoms with Gasteiger partial charge in [0.2, 0.25) is 11.8 Å². The predicted octanol–water partition coefficient (Wildman–Crippen LogP) is 2.37. The molecule has 3 N–H and O–H groups in total. The van der Waals surface area contributed by atoms with Crippen LogP contribution < -0.4 is 11.1 Å². The first-order chi connectivity index (χ1) is 11.5. The van der Waals surface area contributed by atoms with Crippen molar-refractivity contribution >= 4 is 33.3 Å². The standard InChI is InChI=1S/C17H12BrN3O3/c18-8-4-5-9-11(6-8)21-16(23)17(9)10(7-19)15(20)24-13-3-1-2-12(22)14(13)17/h4-6H,1-3,20H2,(H,21,23)/t17-/m1/s1. The van der Waals surface area contributed by atoms with Crippen LogP contribution in [0.5, 0.6) is 0 Å². The van der Waals surface area contributed by atoms with Crippen molar-refractivity contribution in [1.29, 1.82) is 5.26 Å². The van der Waals surface area contributed by atoms with Gasteiger partial charge < -0.3 is 15.8 Å². The number of carbonyl (C=O) groups is 2. The first-order valence-corrected chi connectivity index (χ1v) is 8.26. The number of amides is 1. The maximum absolute atomic E-state index is 13.0. The maximum atomic E-state index is 13.0. The molecule has 4 rings (SSSR count). The van der Waals surface area contributed by atoms with Crippen LogP contribution in [0.4, 0.5) is 5.69 Å². The van der Waals surface area contributed by atoms with Crippen LogP contribution in [0.25, 0.3) is 0 Å². The molecule has 1 aliphatic carbocycles. The number of benzene rings is 1. The van der Waals surface area contributed by atoms with Gasteiger partial charge in [-0.25, -0.2) is 0 Å². The Morgan fingerprint density at radius 1 is 1.33 bits per heavy atom. The lowest BCUT2D eigenvalue weighted by Gasteiger charge is -2.36. The van der Waals surface area contributed by atoms with E-state index < -0.39 is 11.3 Å². The molecule has 3 aliphatic rings. The summed E-state index contributed by atoms with van der Waals surface area (Å²) in [5, 5.41) is 12.5. The fourth-order valence-electron chi connectivity index (χ4n) is 3.75. The Morgan fingerprint density at radius 2 is 2.12 bits per heavy atom. The van der Waals surface area contributed by atoms with Gasteiger partial charge >= 0.3 is 0 Å². The molecule has 1 atom stereocenters. The molecule has 6 nitrogen and oxygen atoms in total. The van der Waals surface area contributed by atoms with Gasteiger partial charge in [0.05, 0.1) is 5.57 Å². The minimum absolute atomic E-state index is 0.0323. The van der Waals surface area contributed by atoms with Crippen LogP contribution in [0.15, 0.2) is 45.5 Å². The third-order valence-electron chi connectivity index (χ3n) is 4.68. The van der Waals surface area contributed by atoms with Gasteiger partial charge in [-0.2, -0.15) is 5.26 Å². The highest BCUT2D eigenvalue weighted by Crippen LogP contribution is 2.54. The van der Waals surface area contributed by atoms with Gasteiger partial charge in [-0.1, -0.05) is 22.0 Å². The zero-order chi connectivity index (χ0) is 17.1. The zero-order valence-electron chi connectivity index (χ0n) is 12.5. The molecule has 7 heteroatoms. The van der Waals surface area contributed by atoms with E-state index >= 15 is 0 Å². The molecule has 2 aliphatic heterocycles. The Balaban J connectivity index is 2.11. The van der Waals surface area contributed by atoms with Crippen molar-refractivity contribution in [2.45, 2.75) is 24.7 Å². The number of hydrogen-bond acceptors (Lipinski definition) is 5. The molecule has 120 valence electrons. The molecular weight excluding hydrogens is 374 g/mol. The van der Waals surface area contributed by atoms with Gasteiger partial charge in [-0.15, -0.1) is 0 Å². The number of fused-ring (bicyclic) bond motifs is 3. The van der Waals surface area contributed by atoms with E-state index in [0.29, 0.717) is 36.3 Å². The smallest absolute Gasteiger partial charge is 0.245 e. The topological polar surface area (TPSA) is 105 Å². The number of hydrogen-bond donors (Lipinski definition) is 2. The molecule has 0 aromatic heterocycles. The summed E-state index contributed by atoms with van der Waals surface area (Å²) in [5.74, 6) is -0.339. The van der Waals surface area contributed by atoms with E-state index in [-0.39, 0.29) is 22.8 Å². The van der Waals surface area contributed by atoms with Gasteiger partial charge in [-0.3, -0.25) is 9.59 Å². The third kappa shape index (κ3) is 1.69. The number of ketones is 1. The number of rotatable bonds is 0. The van der Waals surface area contributed by atoms with E-state index in [9.17, 15) is 14.9 Å². The summed E-state index contributed by atoms with van der Waals surface area (Å²) in [6.45, 7) is 0. The Kier molecular flexibility index (Phi) is 3.09. The van der Waals surface area contributed by atoms with Gasteiger partial charge in [0.1, 0.15) is 22.8 Å². The van der Waals surface area contributed by atoms with Crippen LogP contribution in [0.2, 0.25) is 0 Å². The molecule has 1 spiro atoms. The van der Waals surface area contributed by atoms with E-state index in [2.05, 4.69) is 21.2 Å². The average molecular weight is 386 g/mol. The van der Waals surface area contributed by atoms with Crippen molar-refractivity contribution in [3.8, 4) is 6.07 Å². The quantitative estimate of drug-likeness (QED) is 0.712. The summed E-state index contributed by atoms with van der Waals surface area (Å²) in [6, 6.07) is 7.25. The number of nitrogens with zero attached hydrogens (tertiary/aromatic N) is 1. The second-order valence-electron chi connectivity index (χ2n) is 5.92. The van der Waals surface area contributed by atoms with Crippen LogP contribution in [0.3, 0.4) is 0 Å². The minimum atomic E-state index is -1.51. The van der Waals surface area contributed by atoms with E-state index in [1.54, 1.807) is 18.2 Å². The highest BCUT2D eigenvalue weighted by atomic mass is 79.9. The predicted molar refractivity (Wildman–Crippen MR) is 88.2 cm³/mol. The summed E-state index contributed by atoms with van der Waals surface area (Å²) < 4.78 is 6.33. The highest BCUT2D eigenvalue weighted by Gasteiger charge is 2.59. The van der Waals surface area contributed by atoms with Crippen LogP contribution in [-0.4, -0.2) is 11.7 Å². The Hall–Kier alpha value is -2.59. The van der Waals surface area contributed by atoms with Crippen molar-refractivity contribution in [3.63, 3.8) is 0 Å². The van der Waals surface area contributed by atoms with Gasteiger partial charge in [-0.05, 0) is 18.6 Å².